The zero-order valence-electron chi connectivity index (χ0n) is 12.7. The van der Waals surface area contributed by atoms with Gasteiger partial charge in [0.25, 0.3) is 0 Å². The highest BCUT2D eigenvalue weighted by atomic mass is 16.5. The minimum atomic E-state index is -0.114. The molecule has 20 heavy (non-hydrogen) atoms. The van der Waals surface area contributed by atoms with E-state index in [0.717, 1.165) is 24.5 Å². The zero-order chi connectivity index (χ0) is 14.6. The third-order valence-corrected chi connectivity index (χ3v) is 4.34. The summed E-state index contributed by atoms with van der Waals surface area (Å²) in [5, 5.41) is 0. The van der Waals surface area contributed by atoms with Gasteiger partial charge in [-0.25, -0.2) is 5.43 Å². The summed E-state index contributed by atoms with van der Waals surface area (Å²) in [6, 6.07) is 3.74. The summed E-state index contributed by atoms with van der Waals surface area (Å²) in [5.74, 6) is 6.63. The Kier molecular flexibility index (Phi) is 4.96. The molecule has 1 fully saturated rings. The zero-order valence-corrected chi connectivity index (χ0v) is 12.7. The van der Waals surface area contributed by atoms with Gasteiger partial charge in [0.15, 0.2) is 0 Å². The van der Waals surface area contributed by atoms with Gasteiger partial charge >= 0.3 is 0 Å². The number of hydrogen-bond acceptors (Lipinski definition) is 5. The van der Waals surface area contributed by atoms with Crippen molar-refractivity contribution in [1.29, 1.82) is 0 Å². The van der Waals surface area contributed by atoms with E-state index in [-0.39, 0.29) is 11.6 Å². The van der Waals surface area contributed by atoms with Crippen molar-refractivity contribution in [3.05, 3.63) is 24.0 Å². The molecule has 1 unspecified atom stereocenters. The van der Waals surface area contributed by atoms with Crippen molar-refractivity contribution in [2.45, 2.75) is 44.7 Å². The minimum absolute atomic E-state index is 0.0725. The number of hydrazine groups is 1. The molecular weight excluding hydrogens is 252 g/mol. The SMILES string of the molecule is COc1cccnc1C(NN)C(C)(C)N1CCCCC1. The lowest BCUT2D eigenvalue weighted by molar-refractivity contribution is 0.0585. The van der Waals surface area contributed by atoms with E-state index in [1.54, 1.807) is 13.3 Å². The molecule has 0 radical (unpaired) electrons. The van der Waals surface area contributed by atoms with E-state index < -0.39 is 0 Å². The van der Waals surface area contributed by atoms with Gasteiger partial charge in [-0.3, -0.25) is 15.7 Å². The van der Waals surface area contributed by atoms with E-state index >= 15 is 0 Å². The number of methoxy groups -OCH3 is 1. The lowest BCUT2D eigenvalue weighted by Crippen LogP contribution is -2.55. The van der Waals surface area contributed by atoms with Gasteiger partial charge in [-0.15, -0.1) is 0 Å². The Hall–Kier alpha value is -1.17. The van der Waals surface area contributed by atoms with Crippen molar-refractivity contribution in [3.63, 3.8) is 0 Å². The maximum Gasteiger partial charge on any atom is 0.142 e. The molecule has 1 aromatic heterocycles. The number of likely N-dealkylation sites (tertiary alicyclic amines) is 1. The molecular formula is C15H26N4O. The second-order valence-corrected chi connectivity index (χ2v) is 5.89. The van der Waals surface area contributed by atoms with Crippen LogP contribution in [0.25, 0.3) is 0 Å². The van der Waals surface area contributed by atoms with Crippen LogP contribution in [0.2, 0.25) is 0 Å². The molecule has 0 spiro atoms. The fourth-order valence-corrected chi connectivity index (χ4v) is 3.06. The van der Waals surface area contributed by atoms with Gasteiger partial charge in [0.2, 0.25) is 0 Å². The standard InChI is InChI=1S/C15H26N4O/c1-15(2,19-10-5-4-6-11-19)14(18-16)13-12(20-3)8-7-9-17-13/h7-9,14,18H,4-6,10-11,16H2,1-3H3. The number of pyridine rings is 1. The molecule has 3 N–H and O–H groups in total. The molecule has 2 rings (SSSR count). The van der Waals surface area contributed by atoms with Crippen molar-refractivity contribution in [2.24, 2.45) is 5.84 Å². The average Bonchev–Trinajstić information content (AvgIpc) is 2.49. The molecule has 0 saturated carbocycles. The molecule has 0 aliphatic carbocycles. The molecule has 5 heteroatoms. The number of nitrogens with zero attached hydrogens (tertiary/aromatic N) is 2. The second kappa shape index (κ2) is 6.52. The van der Waals surface area contributed by atoms with Gasteiger partial charge in [0, 0.05) is 11.7 Å². The van der Waals surface area contributed by atoms with E-state index in [1.165, 1.54) is 19.3 Å². The molecule has 1 saturated heterocycles. The summed E-state index contributed by atoms with van der Waals surface area (Å²) < 4.78 is 5.43. The lowest BCUT2D eigenvalue weighted by atomic mass is 9.88. The molecule has 0 aromatic carbocycles. The first-order valence-electron chi connectivity index (χ1n) is 7.31. The summed E-state index contributed by atoms with van der Waals surface area (Å²) >= 11 is 0. The van der Waals surface area contributed by atoms with Gasteiger partial charge in [-0.1, -0.05) is 6.42 Å². The highest BCUT2D eigenvalue weighted by molar-refractivity contribution is 5.31. The van der Waals surface area contributed by atoms with E-state index in [0.29, 0.717) is 0 Å². The number of nitrogens with one attached hydrogen (secondary N) is 1. The van der Waals surface area contributed by atoms with Crippen LogP contribution in [0, 0.1) is 0 Å². The van der Waals surface area contributed by atoms with Gasteiger partial charge in [0.1, 0.15) is 11.4 Å². The number of rotatable bonds is 5. The van der Waals surface area contributed by atoms with Crippen molar-refractivity contribution in [2.75, 3.05) is 20.2 Å². The number of hydrogen-bond donors (Lipinski definition) is 2. The molecule has 1 aliphatic rings. The summed E-state index contributed by atoms with van der Waals surface area (Å²) in [6.07, 6.45) is 5.61. The van der Waals surface area contributed by atoms with E-state index in [2.05, 4.69) is 29.2 Å². The molecule has 1 aromatic rings. The summed E-state index contributed by atoms with van der Waals surface area (Å²) in [7, 11) is 1.67. The Balaban J connectivity index is 2.30. The number of piperidine rings is 1. The molecule has 0 amide bonds. The van der Waals surface area contributed by atoms with Crippen LogP contribution in [0.5, 0.6) is 5.75 Å². The molecule has 112 valence electrons. The highest BCUT2D eigenvalue weighted by Gasteiger charge is 2.38. The Morgan fingerprint density at radius 1 is 1.35 bits per heavy atom. The fraction of sp³-hybridized carbons (Fsp3) is 0.667. The predicted octanol–water partition coefficient (Wildman–Crippen LogP) is 1.86. The number of ether oxygens (including phenoxy) is 1. The topological polar surface area (TPSA) is 63.4 Å². The van der Waals surface area contributed by atoms with Crippen LogP contribution < -0.4 is 16.0 Å². The molecule has 2 heterocycles. The summed E-state index contributed by atoms with van der Waals surface area (Å²) in [4.78, 5) is 6.98. The normalized spacial score (nSPS) is 18.8. The minimum Gasteiger partial charge on any atom is -0.495 e. The fourth-order valence-electron chi connectivity index (χ4n) is 3.06. The average molecular weight is 278 g/mol. The maximum atomic E-state index is 5.85. The van der Waals surface area contributed by atoms with Crippen LogP contribution in [0.4, 0.5) is 0 Å². The number of aromatic nitrogens is 1. The first kappa shape index (κ1) is 15.2. The van der Waals surface area contributed by atoms with Crippen LogP contribution in [0.3, 0.4) is 0 Å². The monoisotopic (exact) mass is 278 g/mol. The lowest BCUT2D eigenvalue weighted by Gasteiger charge is -2.45. The van der Waals surface area contributed by atoms with Crippen LogP contribution in [0.15, 0.2) is 18.3 Å². The van der Waals surface area contributed by atoms with Crippen molar-refractivity contribution >= 4 is 0 Å². The van der Waals surface area contributed by atoms with Gasteiger partial charge < -0.3 is 4.74 Å². The quantitative estimate of drug-likeness (QED) is 0.636. The van der Waals surface area contributed by atoms with Crippen LogP contribution in [-0.4, -0.2) is 35.6 Å². The maximum absolute atomic E-state index is 5.85. The Bertz CT molecular complexity index is 430. The van der Waals surface area contributed by atoms with Gasteiger partial charge in [0.05, 0.1) is 13.2 Å². The van der Waals surface area contributed by atoms with Crippen LogP contribution in [-0.2, 0) is 0 Å². The predicted molar refractivity (Wildman–Crippen MR) is 80.4 cm³/mol. The van der Waals surface area contributed by atoms with E-state index in [1.807, 2.05) is 12.1 Å². The van der Waals surface area contributed by atoms with Crippen LogP contribution in [0.1, 0.15) is 44.8 Å². The Morgan fingerprint density at radius 3 is 2.65 bits per heavy atom. The Morgan fingerprint density at radius 2 is 2.05 bits per heavy atom. The summed E-state index contributed by atoms with van der Waals surface area (Å²) in [5.41, 5.74) is 3.70. The van der Waals surface area contributed by atoms with E-state index in [4.69, 9.17) is 10.6 Å². The largest absolute Gasteiger partial charge is 0.495 e. The van der Waals surface area contributed by atoms with Crippen LogP contribution >= 0.6 is 0 Å². The third kappa shape index (κ3) is 2.95. The highest BCUT2D eigenvalue weighted by Crippen LogP contribution is 2.35. The van der Waals surface area contributed by atoms with Gasteiger partial charge in [-0.2, -0.15) is 0 Å². The first-order valence-corrected chi connectivity index (χ1v) is 7.31. The molecule has 0 bridgehead atoms. The van der Waals surface area contributed by atoms with Crippen molar-refractivity contribution < 1.29 is 4.74 Å². The van der Waals surface area contributed by atoms with E-state index in [9.17, 15) is 0 Å². The molecule has 1 aliphatic heterocycles. The summed E-state index contributed by atoms with van der Waals surface area (Å²) in [6.45, 7) is 6.66. The van der Waals surface area contributed by atoms with Gasteiger partial charge in [-0.05, 0) is 51.9 Å². The second-order valence-electron chi connectivity index (χ2n) is 5.89. The van der Waals surface area contributed by atoms with Crippen molar-refractivity contribution in [3.8, 4) is 5.75 Å². The molecule has 1 atom stereocenters. The van der Waals surface area contributed by atoms with Crippen molar-refractivity contribution in [1.82, 2.24) is 15.3 Å². The molecule has 5 nitrogen and oxygen atoms in total. The first-order chi connectivity index (χ1) is 9.61. The number of nitrogens with two attached hydrogens (primary N) is 1. The third-order valence-electron chi connectivity index (χ3n) is 4.34. The smallest absolute Gasteiger partial charge is 0.142 e. The Labute approximate surface area is 121 Å².